The smallest absolute Gasteiger partial charge is 0.323 e. The van der Waals surface area contributed by atoms with Crippen LogP contribution in [0.2, 0.25) is 0 Å². The molecule has 1 aromatic heterocycles. The van der Waals surface area contributed by atoms with Gasteiger partial charge in [-0.05, 0) is 75.3 Å². The molecule has 3 aromatic rings. The van der Waals surface area contributed by atoms with E-state index in [1.807, 2.05) is 32.2 Å². The number of urea groups is 1. The second kappa shape index (κ2) is 9.57. The van der Waals surface area contributed by atoms with Crippen LogP contribution in [-0.2, 0) is 0 Å². The van der Waals surface area contributed by atoms with E-state index >= 15 is 0 Å². The summed E-state index contributed by atoms with van der Waals surface area (Å²) in [6.45, 7) is 3.78. The first kappa shape index (κ1) is 23.3. The highest BCUT2D eigenvalue weighted by molar-refractivity contribution is 7.15. The average Bonchev–Trinajstić information content (AvgIpc) is 3.23. The second-order valence-electron chi connectivity index (χ2n) is 9.08. The lowest BCUT2D eigenvalue weighted by Crippen LogP contribution is -2.33. The molecule has 8 heteroatoms. The summed E-state index contributed by atoms with van der Waals surface area (Å²) in [4.78, 5) is 17.8. The minimum atomic E-state index is -0.760. The number of nitrogens with one attached hydrogen (secondary N) is 2. The fraction of sp³-hybridized carbons (Fsp3) is 0.360. The molecule has 0 bridgehead atoms. The number of hydrogen-bond acceptors (Lipinski definition) is 4. The number of aliphatic hydroxyl groups is 1. The molecule has 1 saturated carbocycles. The number of halogens is 2. The van der Waals surface area contributed by atoms with Gasteiger partial charge in [0.15, 0.2) is 0 Å². The highest BCUT2D eigenvalue weighted by atomic mass is 32.1. The molecule has 33 heavy (non-hydrogen) atoms. The Morgan fingerprint density at radius 2 is 1.61 bits per heavy atom. The quantitative estimate of drug-likeness (QED) is 0.384. The normalized spacial score (nSPS) is 18.7. The van der Waals surface area contributed by atoms with Crippen molar-refractivity contribution in [2.75, 3.05) is 10.6 Å². The van der Waals surface area contributed by atoms with Crippen LogP contribution < -0.4 is 10.6 Å². The van der Waals surface area contributed by atoms with Crippen molar-refractivity contribution in [2.45, 2.75) is 51.0 Å². The first-order chi connectivity index (χ1) is 15.7. The molecule has 1 aliphatic rings. The standard InChI is InChI=1S/C25H27F2N3O2S/c1-25(2,32)17-7-3-16(4-8-17)23-28-14-22(33-23)15-5-9-20(10-6-15)29-24(31)30-21-12-18(26)11-19(27)13-21/h5-6,9-14,16-17,32H,3-4,7-8H2,1-2H3,(H2,29,30,31). The monoisotopic (exact) mass is 471 g/mol. The van der Waals surface area contributed by atoms with E-state index in [2.05, 4.69) is 15.6 Å². The zero-order valence-electron chi connectivity index (χ0n) is 18.6. The molecule has 0 radical (unpaired) electrons. The summed E-state index contributed by atoms with van der Waals surface area (Å²) >= 11 is 1.68. The molecule has 174 valence electrons. The third kappa shape index (κ3) is 5.94. The Bertz CT molecular complexity index is 1100. The minimum absolute atomic E-state index is 0.0374. The van der Waals surface area contributed by atoms with Gasteiger partial charge in [-0.2, -0.15) is 0 Å². The lowest BCUT2D eigenvalue weighted by molar-refractivity contribution is -0.00157. The second-order valence-corrected chi connectivity index (χ2v) is 10.1. The van der Waals surface area contributed by atoms with E-state index in [9.17, 15) is 18.7 Å². The first-order valence-corrected chi connectivity index (χ1v) is 11.8. The van der Waals surface area contributed by atoms with E-state index in [1.54, 1.807) is 23.5 Å². The molecule has 0 atom stereocenters. The highest BCUT2D eigenvalue weighted by Gasteiger charge is 2.32. The van der Waals surface area contributed by atoms with Crippen LogP contribution >= 0.6 is 11.3 Å². The number of carbonyl (C=O) groups is 1. The van der Waals surface area contributed by atoms with Crippen molar-refractivity contribution in [3.63, 3.8) is 0 Å². The minimum Gasteiger partial charge on any atom is -0.390 e. The summed E-state index contributed by atoms with van der Waals surface area (Å²) in [5.41, 5.74) is 0.972. The molecular formula is C25H27F2N3O2S. The summed E-state index contributed by atoms with van der Waals surface area (Å²) in [6.07, 6.45) is 5.97. The third-order valence-electron chi connectivity index (χ3n) is 6.15. The van der Waals surface area contributed by atoms with E-state index in [1.165, 1.54) is 0 Å². The van der Waals surface area contributed by atoms with Gasteiger partial charge in [-0.25, -0.2) is 18.6 Å². The summed E-state index contributed by atoms with van der Waals surface area (Å²) in [7, 11) is 0. The van der Waals surface area contributed by atoms with Crippen molar-refractivity contribution in [1.82, 2.24) is 4.98 Å². The molecule has 1 fully saturated rings. The fourth-order valence-corrected chi connectivity index (χ4v) is 5.39. The molecule has 0 spiro atoms. The summed E-state index contributed by atoms with van der Waals surface area (Å²) in [6, 6.07) is 9.60. The maximum absolute atomic E-state index is 13.3. The number of anilines is 2. The summed E-state index contributed by atoms with van der Waals surface area (Å²) < 4.78 is 26.5. The van der Waals surface area contributed by atoms with Gasteiger partial charge in [-0.1, -0.05) is 12.1 Å². The van der Waals surface area contributed by atoms with E-state index in [4.69, 9.17) is 0 Å². The van der Waals surface area contributed by atoms with E-state index < -0.39 is 23.3 Å². The van der Waals surface area contributed by atoms with Crippen molar-refractivity contribution in [3.05, 3.63) is 65.3 Å². The van der Waals surface area contributed by atoms with E-state index in [0.717, 1.165) is 59.3 Å². The van der Waals surface area contributed by atoms with Crippen LogP contribution in [0.25, 0.3) is 10.4 Å². The van der Waals surface area contributed by atoms with E-state index in [0.29, 0.717) is 17.5 Å². The Morgan fingerprint density at radius 1 is 1.00 bits per heavy atom. The highest BCUT2D eigenvalue weighted by Crippen LogP contribution is 2.42. The fourth-order valence-electron chi connectivity index (χ4n) is 4.29. The van der Waals surface area contributed by atoms with Crippen molar-refractivity contribution in [3.8, 4) is 10.4 Å². The molecule has 3 N–H and O–H groups in total. The number of carbonyl (C=O) groups excluding carboxylic acids is 1. The maximum Gasteiger partial charge on any atom is 0.323 e. The largest absolute Gasteiger partial charge is 0.390 e. The van der Waals surface area contributed by atoms with Gasteiger partial charge in [0.1, 0.15) is 11.6 Å². The Labute approximate surface area is 195 Å². The van der Waals surface area contributed by atoms with E-state index in [-0.39, 0.29) is 5.69 Å². The van der Waals surface area contributed by atoms with Crippen LogP contribution in [0.15, 0.2) is 48.7 Å². The number of rotatable bonds is 5. The molecule has 1 heterocycles. The molecule has 2 aromatic carbocycles. The number of thiazole rings is 1. The molecular weight excluding hydrogens is 444 g/mol. The molecule has 2 amide bonds. The van der Waals surface area contributed by atoms with Crippen LogP contribution in [0.1, 0.15) is 50.5 Å². The topological polar surface area (TPSA) is 74.2 Å². The Balaban J connectivity index is 1.35. The number of hydrogen-bond donors (Lipinski definition) is 3. The van der Waals surface area contributed by atoms with Crippen molar-refractivity contribution >= 4 is 28.7 Å². The molecule has 4 rings (SSSR count). The van der Waals surface area contributed by atoms with Crippen molar-refractivity contribution < 1.29 is 18.7 Å². The molecule has 0 aliphatic heterocycles. The molecule has 1 aliphatic carbocycles. The lowest BCUT2D eigenvalue weighted by atomic mass is 9.75. The van der Waals surface area contributed by atoms with Gasteiger partial charge < -0.3 is 15.7 Å². The zero-order valence-corrected chi connectivity index (χ0v) is 19.4. The molecule has 0 unspecified atom stereocenters. The summed E-state index contributed by atoms with van der Waals surface area (Å²) in [5, 5.41) is 16.4. The van der Waals surface area contributed by atoms with Crippen LogP contribution in [0.4, 0.5) is 25.0 Å². The van der Waals surface area contributed by atoms with Crippen LogP contribution in [0.3, 0.4) is 0 Å². The van der Waals surface area contributed by atoms with Gasteiger partial charge >= 0.3 is 6.03 Å². The van der Waals surface area contributed by atoms with Crippen molar-refractivity contribution in [1.29, 1.82) is 0 Å². The number of nitrogens with zero attached hydrogens (tertiary/aromatic N) is 1. The molecule has 0 saturated heterocycles. The van der Waals surface area contributed by atoms with Gasteiger partial charge in [-0.3, -0.25) is 0 Å². The zero-order chi connectivity index (χ0) is 23.6. The van der Waals surface area contributed by atoms with Gasteiger partial charge in [-0.15, -0.1) is 11.3 Å². The van der Waals surface area contributed by atoms with Crippen LogP contribution in [0, 0.1) is 17.6 Å². The van der Waals surface area contributed by atoms with Gasteiger partial charge in [0.25, 0.3) is 0 Å². The number of aromatic nitrogens is 1. The van der Waals surface area contributed by atoms with Crippen LogP contribution in [0.5, 0.6) is 0 Å². The van der Waals surface area contributed by atoms with Gasteiger partial charge in [0, 0.05) is 29.6 Å². The summed E-state index contributed by atoms with van der Waals surface area (Å²) in [5.74, 6) is -0.752. The van der Waals surface area contributed by atoms with Gasteiger partial charge in [0.05, 0.1) is 15.5 Å². The lowest BCUT2D eigenvalue weighted by Gasteiger charge is -2.35. The Morgan fingerprint density at radius 3 is 2.21 bits per heavy atom. The third-order valence-corrected chi connectivity index (χ3v) is 7.36. The van der Waals surface area contributed by atoms with Crippen LogP contribution in [-0.4, -0.2) is 21.7 Å². The van der Waals surface area contributed by atoms with Gasteiger partial charge in [0.2, 0.25) is 0 Å². The predicted molar refractivity (Wildman–Crippen MR) is 128 cm³/mol. The average molecular weight is 472 g/mol. The number of amides is 2. The Kier molecular flexibility index (Phi) is 6.76. The molecule has 5 nitrogen and oxygen atoms in total. The SMILES string of the molecule is CC(C)(O)C1CCC(c2ncc(-c3ccc(NC(=O)Nc4cc(F)cc(F)c4)cc3)s2)CC1. The first-order valence-electron chi connectivity index (χ1n) is 11.0. The maximum atomic E-state index is 13.3. The van der Waals surface area contributed by atoms with Crippen molar-refractivity contribution in [2.24, 2.45) is 5.92 Å². The predicted octanol–water partition coefficient (Wildman–Crippen LogP) is 6.78. The Hall–Kier alpha value is -2.84. The number of benzene rings is 2.